The van der Waals surface area contributed by atoms with E-state index in [1.165, 1.54) is 25.3 Å². The minimum Gasteiger partial charge on any atom is -0.271 e. The predicted molar refractivity (Wildman–Crippen MR) is 75.4 cm³/mol. The first-order chi connectivity index (χ1) is 8.58. The Kier molecular flexibility index (Phi) is 4.76. The lowest BCUT2D eigenvalue weighted by molar-refractivity contribution is 0.352. The summed E-state index contributed by atoms with van der Waals surface area (Å²) in [4.78, 5) is 0. The van der Waals surface area contributed by atoms with Crippen LogP contribution in [0.4, 0.5) is 4.39 Å². The van der Waals surface area contributed by atoms with Crippen LogP contribution >= 0.6 is 15.9 Å². The zero-order valence-corrected chi connectivity index (χ0v) is 12.2. The molecule has 0 aromatic heterocycles. The molecule has 0 saturated heterocycles. The van der Waals surface area contributed by atoms with Gasteiger partial charge in [0.1, 0.15) is 5.82 Å². The minimum atomic E-state index is -0.199. The molecule has 100 valence electrons. The van der Waals surface area contributed by atoms with E-state index in [-0.39, 0.29) is 11.9 Å². The average molecular weight is 315 g/mol. The number of hydrogen-bond acceptors (Lipinski definition) is 2. The van der Waals surface area contributed by atoms with Gasteiger partial charge in [-0.15, -0.1) is 0 Å². The zero-order chi connectivity index (χ0) is 13.1. The summed E-state index contributed by atoms with van der Waals surface area (Å²) in [5.74, 6) is 6.85. The van der Waals surface area contributed by atoms with Gasteiger partial charge in [0.15, 0.2) is 0 Å². The molecule has 1 aliphatic carbocycles. The van der Waals surface area contributed by atoms with Crippen molar-refractivity contribution in [3.8, 4) is 0 Å². The van der Waals surface area contributed by atoms with Crippen LogP contribution in [0.1, 0.15) is 31.7 Å². The van der Waals surface area contributed by atoms with Gasteiger partial charge in [-0.2, -0.15) is 0 Å². The Bertz CT molecular complexity index is 391. The molecule has 0 bridgehead atoms. The van der Waals surface area contributed by atoms with E-state index >= 15 is 0 Å². The Balaban J connectivity index is 2.05. The van der Waals surface area contributed by atoms with E-state index in [1.54, 1.807) is 6.07 Å². The van der Waals surface area contributed by atoms with Crippen molar-refractivity contribution in [3.05, 3.63) is 34.1 Å². The molecule has 1 saturated carbocycles. The smallest absolute Gasteiger partial charge is 0.124 e. The first-order valence-corrected chi connectivity index (χ1v) is 7.29. The molecule has 3 N–H and O–H groups in total. The van der Waals surface area contributed by atoms with Gasteiger partial charge >= 0.3 is 0 Å². The fourth-order valence-corrected chi connectivity index (χ4v) is 3.47. The van der Waals surface area contributed by atoms with Crippen LogP contribution in [0.25, 0.3) is 0 Å². The standard InChI is InChI=1S/C14H20BrFN2/c1-9-2-3-11(4-9)14(18-17)7-10-5-12(15)8-13(16)6-10/h5-6,8-9,11,14,18H,2-4,7,17H2,1H3. The number of hydrazine groups is 1. The third-order valence-electron chi connectivity index (χ3n) is 3.90. The Hall–Kier alpha value is -0.450. The van der Waals surface area contributed by atoms with Crippen LogP contribution in [0, 0.1) is 17.7 Å². The Morgan fingerprint density at radius 2 is 2.22 bits per heavy atom. The van der Waals surface area contributed by atoms with E-state index < -0.39 is 0 Å². The van der Waals surface area contributed by atoms with Crippen molar-refractivity contribution < 1.29 is 4.39 Å². The summed E-state index contributed by atoms with van der Waals surface area (Å²) in [6.45, 7) is 2.28. The molecule has 1 fully saturated rings. The third-order valence-corrected chi connectivity index (χ3v) is 4.35. The van der Waals surface area contributed by atoms with Crippen molar-refractivity contribution in [2.45, 2.75) is 38.6 Å². The van der Waals surface area contributed by atoms with E-state index in [9.17, 15) is 4.39 Å². The van der Waals surface area contributed by atoms with E-state index in [4.69, 9.17) is 5.84 Å². The minimum absolute atomic E-state index is 0.199. The highest BCUT2D eigenvalue weighted by molar-refractivity contribution is 9.10. The van der Waals surface area contributed by atoms with Gasteiger partial charge in [0.25, 0.3) is 0 Å². The summed E-state index contributed by atoms with van der Waals surface area (Å²) in [5.41, 5.74) is 3.90. The van der Waals surface area contributed by atoms with Crippen LogP contribution in [0.3, 0.4) is 0 Å². The van der Waals surface area contributed by atoms with Crippen LogP contribution in [-0.2, 0) is 6.42 Å². The highest BCUT2D eigenvalue weighted by atomic mass is 79.9. The SMILES string of the molecule is CC1CCC(C(Cc2cc(F)cc(Br)c2)NN)C1. The number of nitrogens with one attached hydrogen (secondary N) is 1. The fourth-order valence-electron chi connectivity index (χ4n) is 2.96. The maximum Gasteiger partial charge on any atom is 0.124 e. The lowest BCUT2D eigenvalue weighted by Gasteiger charge is -2.23. The van der Waals surface area contributed by atoms with E-state index in [1.807, 2.05) is 6.07 Å². The largest absolute Gasteiger partial charge is 0.271 e. The van der Waals surface area contributed by atoms with E-state index in [2.05, 4.69) is 28.3 Å². The molecule has 4 heteroatoms. The van der Waals surface area contributed by atoms with Gasteiger partial charge in [-0.25, -0.2) is 4.39 Å². The molecule has 0 radical (unpaired) electrons. The molecule has 0 heterocycles. The molecule has 0 spiro atoms. The van der Waals surface area contributed by atoms with Gasteiger partial charge < -0.3 is 0 Å². The van der Waals surface area contributed by atoms with Crippen molar-refractivity contribution >= 4 is 15.9 Å². The summed E-state index contributed by atoms with van der Waals surface area (Å²) >= 11 is 3.33. The van der Waals surface area contributed by atoms with Gasteiger partial charge in [-0.3, -0.25) is 11.3 Å². The molecule has 1 aromatic rings. The van der Waals surface area contributed by atoms with Crippen LogP contribution in [0.2, 0.25) is 0 Å². The number of benzene rings is 1. The number of halogens is 2. The zero-order valence-electron chi connectivity index (χ0n) is 10.6. The molecular formula is C14H20BrFN2. The topological polar surface area (TPSA) is 38.0 Å². The van der Waals surface area contributed by atoms with Crippen molar-refractivity contribution in [2.24, 2.45) is 17.7 Å². The predicted octanol–water partition coefficient (Wildman–Crippen LogP) is 3.40. The van der Waals surface area contributed by atoms with Gasteiger partial charge in [0.2, 0.25) is 0 Å². The summed E-state index contributed by atoms with van der Waals surface area (Å²) < 4.78 is 14.1. The first-order valence-electron chi connectivity index (χ1n) is 6.49. The molecule has 1 aromatic carbocycles. The molecule has 1 aliphatic rings. The number of hydrogen-bond donors (Lipinski definition) is 2. The lowest BCUT2D eigenvalue weighted by Crippen LogP contribution is -2.41. The second kappa shape index (κ2) is 6.13. The van der Waals surface area contributed by atoms with Gasteiger partial charge in [0.05, 0.1) is 0 Å². The van der Waals surface area contributed by atoms with Gasteiger partial charge in [-0.05, 0) is 54.9 Å². The Morgan fingerprint density at radius 3 is 2.78 bits per heavy atom. The van der Waals surface area contributed by atoms with Crippen LogP contribution in [0.15, 0.2) is 22.7 Å². The van der Waals surface area contributed by atoms with E-state index in [0.29, 0.717) is 5.92 Å². The van der Waals surface area contributed by atoms with Crippen molar-refractivity contribution in [1.29, 1.82) is 0 Å². The molecule has 0 aliphatic heterocycles. The van der Waals surface area contributed by atoms with Crippen molar-refractivity contribution in [1.82, 2.24) is 5.43 Å². The Morgan fingerprint density at radius 1 is 1.44 bits per heavy atom. The maximum absolute atomic E-state index is 13.3. The summed E-state index contributed by atoms with van der Waals surface area (Å²) in [7, 11) is 0. The highest BCUT2D eigenvalue weighted by Crippen LogP contribution is 2.33. The molecule has 2 nitrogen and oxygen atoms in total. The van der Waals surface area contributed by atoms with Crippen LogP contribution < -0.4 is 11.3 Å². The molecule has 0 amide bonds. The van der Waals surface area contributed by atoms with Crippen molar-refractivity contribution in [3.63, 3.8) is 0 Å². The first kappa shape index (κ1) is 14.0. The van der Waals surface area contributed by atoms with Crippen LogP contribution in [0.5, 0.6) is 0 Å². The summed E-state index contributed by atoms with van der Waals surface area (Å²) in [6.07, 6.45) is 4.48. The van der Waals surface area contributed by atoms with Crippen molar-refractivity contribution in [2.75, 3.05) is 0 Å². The number of rotatable bonds is 4. The third kappa shape index (κ3) is 3.53. The normalized spacial score (nSPS) is 25.3. The van der Waals surface area contributed by atoms with Gasteiger partial charge in [0, 0.05) is 10.5 Å². The number of nitrogens with two attached hydrogens (primary N) is 1. The average Bonchev–Trinajstić information content (AvgIpc) is 2.71. The molecule has 18 heavy (non-hydrogen) atoms. The highest BCUT2D eigenvalue weighted by Gasteiger charge is 2.28. The fraction of sp³-hybridized carbons (Fsp3) is 0.571. The second-order valence-corrected chi connectivity index (χ2v) is 6.35. The van der Waals surface area contributed by atoms with Crippen LogP contribution in [-0.4, -0.2) is 6.04 Å². The molecular weight excluding hydrogens is 295 g/mol. The second-order valence-electron chi connectivity index (χ2n) is 5.43. The summed E-state index contributed by atoms with van der Waals surface area (Å²) in [6, 6.07) is 5.27. The summed E-state index contributed by atoms with van der Waals surface area (Å²) in [5, 5.41) is 0. The van der Waals surface area contributed by atoms with E-state index in [0.717, 1.165) is 22.4 Å². The maximum atomic E-state index is 13.3. The lowest BCUT2D eigenvalue weighted by atomic mass is 9.92. The Labute approximate surface area is 116 Å². The van der Waals surface area contributed by atoms with Gasteiger partial charge in [-0.1, -0.05) is 29.3 Å². The monoisotopic (exact) mass is 314 g/mol. The molecule has 2 rings (SSSR count). The molecule has 3 unspecified atom stereocenters. The molecule has 3 atom stereocenters. The quantitative estimate of drug-likeness (QED) is 0.660.